The van der Waals surface area contributed by atoms with Crippen molar-refractivity contribution in [1.29, 1.82) is 0 Å². The molecule has 2 aromatic heterocycles. The molecule has 0 aromatic carbocycles. The van der Waals surface area contributed by atoms with Crippen molar-refractivity contribution >= 4 is 0 Å². The number of hydrogen-bond donors (Lipinski definition) is 1. The van der Waals surface area contributed by atoms with Crippen molar-refractivity contribution in [2.45, 2.75) is 12.5 Å². The van der Waals surface area contributed by atoms with Gasteiger partial charge in [-0.25, -0.2) is 9.97 Å². The van der Waals surface area contributed by atoms with Crippen molar-refractivity contribution in [1.82, 2.24) is 20.1 Å². The van der Waals surface area contributed by atoms with Gasteiger partial charge in [-0.3, -0.25) is 0 Å². The van der Waals surface area contributed by atoms with E-state index >= 15 is 0 Å². The first-order chi connectivity index (χ1) is 8.31. The van der Waals surface area contributed by atoms with Gasteiger partial charge in [0.05, 0.1) is 6.04 Å². The SMILES string of the molecule is COCCC(N)c1nc(-c2ccncn2)no1. The number of aromatic nitrogens is 4. The van der Waals surface area contributed by atoms with Gasteiger partial charge < -0.3 is 15.0 Å². The van der Waals surface area contributed by atoms with Crippen LogP contribution in [0, 0.1) is 0 Å². The van der Waals surface area contributed by atoms with E-state index in [-0.39, 0.29) is 6.04 Å². The Balaban J connectivity index is 2.11. The maximum atomic E-state index is 5.86. The van der Waals surface area contributed by atoms with Gasteiger partial charge in [0.15, 0.2) is 0 Å². The van der Waals surface area contributed by atoms with Gasteiger partial charge in [0, 0.05) is 19.9 Å². The van der Waals surface area contributed by atoms with E-state index in [4.69, 9.17) is 15.0 Å². The second kappa shape index (κ2) is 5.46. The molecule has 7 nitrogen and oxygen atoms in total. The van der Waals surface area contributed by atoms with Crippen LogP contribution < -0.4 is 5.73 Å². The summed E-state index contributed by atoms with van der Waals surface area (Å²) < 4.78 is 10.0. The molecule has 0 saturated carbocycles. The van der Waals surface area contributed by atoms with Gasteiger partial charge in [0.2, 0.25) is 11.7 Å². The van der Waals surface area contributed by atoms with Crippen LogP contribution in [0.1, 0.15) is 18.4 Å². The Bertz CT molecular complexity index is 459. The lowest BCUT2D eigenvalue weighted by Gasteiger charge is -2.04. The molecule has 0 bridgehead atoms. The molecule has 90 valence electrons. The molecule has 0 aliphatic carbocycles. The summed E-state index contributed by atoms with van der Waals surface area (Å²) in [4.78, 5) is 12.0. The third kappa shape index (κ3) is 2.83. The van der Waals surface area contributed by atoms with Gasteiger partial charge in [0.1, 0.15) is 12.0 Å². The molecule has 1 atom stereocenters. The highest BCUT2D eigenvalue weighted by atomic mass is 16.5. The molecule has 2 rings (SSSR count). The zero-order valence-electron chi connectivity index (χ0n) is 9.41. The minimum atomic E-state index is -0.321. The summed E-state index contributed by atoms with van der Waals surface area (Å²) in [5.41, 5.74) is 6.47. The highest BCUT2D eigenvalue weighted by Gasteiger charge is 2.15. The topological polar surface area (TPSA) is 100.0 Å². The van der Waals surface area contributed by atoms with Crippen LogP contribution in [0.25, 0.3) is 11.5 Å². The summed E-state index contributed by atoms with van der Waals surface area (Å²) in [5, 5.41) is 3.82. The van der Waals surface area contributed by atoms with E-state index in [0.29, 0.717) is 30.4 Å². The number of hydrogen-bond acceptors (Lipinski definition) is 7. The van der Waals surface area contributed by atoms with E-state index in [2.05, 4.69) is 20.1 Å². The maximum Gasteiger partial charge on any atom is 0.244 e. The molecule has 0 amide bonds. The second-order valence-electron chi connectivity index (χ2n) is 3.44. The summed E-state index contributed by atoms with van der Waals surface area (Å²) in [6, 6.07) is 1.38. The first-order valence-electron chi connectivity index (χ1n) is 5.15. The minimum absolute atomic E-state index is 0.321. The average molecular weight is 235 g/mol. The number of ether oxygens (including phenoxy) is 1. The molecule has 2 heterocycles. The van der Waals surface area contributed by atoms with Crippen LogP contribution in [0.2, 0.25) is 0 Å². The van der Waals surface area contributed by atoms with Crippen molar-refractivity contribution in [3.63, 3.8) is 0 Å². The van der Waals surface area contributed by atoms with Gasteiger partial charge in [-0.15, -0.1) is 0 Å². The van der Waals surface area contributed by atoms with Gasteiger partial charge in [-0.05, 0) is 12.5 Å². The minimum Gasteiger partial charge on any atom is -0.385 e. The molecule has 17 heavy (non-hydrogen) atoms. The van der Waals surface area contributed by atoms with Gasteiger partial charge in [-0.1, -0.05) is 5.16 Å². The predicted octanol–water partition coefficient (Wildman–Crippen LogP) is 0.563. The van der Waals surface area contributed by atoms with Gasteiger partial charge >= 0.3 is 0 Å². The number of rotatable bonds is 5. The molecule has 1 unspecified atom stereocenters. The zero-order chi connectivity index (χ0) is 12.1. The van der Waals surface area contributed by atoms with Crippen molar-refractivity contribution in [3.8, 4) is 11.5 Å². The second-order valence-corrected chi connectivity index (χ2v) is 3.44. The van der Waals surface area contributed by atoms with E-state index in [1.54, 1.807) is 19.4 Å². The molecule has 2 N–H and O–H groups in total. The summed E-state index contributed by atoms with van der Waals surface area (Å²) in [6.45, 7) is 0.548. The monoisotopic (exact) mass is 235 g/mol. The summed E-state index contributed by atoms with van der Waals surface area (Å²) in [6.07, 6.45) is 3.67. The lowest BCUT2D eigenvalue weighted by Crippen LogP contribution is -2.13. The Kier molecular flexibility index (Phi) is 3.73. The molecule has 0 fully saturated rings. The Morgan fingerprint density at radius 3 is 3.12 bits per heavy atom. The predicted molar refractivity (Wildman–Crippen MR) is 58.7 cm³/mol. The standard InChI is InChI=1S/C10H13N5O2/c1-16-5-3-7(11)10-14-9(15-17-10)8-2-4-12-6-13-8/h2,4,6-7H,3,5,11H2,1H3. The van der Waals surface area contributed by atoms with Crippen LogP contribution in [0.4, 0.5) is 0 Å². The summed E-state index contributed by atoms with van der Waals surface area (Å²) >= 11 is 0. The number of nitrogens with two attached hydrogens (primary N) is 1. The van der Waals surface area contributed by atoms with Crippen molar-refractivity contribution in [3.05, 3.63) is 24.5 Å². The fourth-order valence-corrected chi connectivity index (χ4v) is 1.28. The van der Waals surface area contributed by atoms with Crippen LogP contribution in [0.15, 0.2) is 23.1 Å². The molecular weight excluding hydrogens is 222 g/mol. The Labute approximate surface area is 98.0 Å². The quantitative estimate of drug-likeness (QED) is 0.808. The zero-order valence-corrected chi connectivity index (χ0v) is 9.41. The molecule has 0 saturated heterocycles. The van der Waals surface area contributed by atoms with Crippen LogP contribution >= 0.6 is 0 Å². The maximum absolute atomic E-state index is 5.86. The summed E-state index contributed by atoms with van der Waals surface area (Å²) in [7, 11) is 1.62. The molecule has 0 radical (unpaired) electrons. The number of methoxy groups -OCH3 is 1. The molecular formula is C10H13N5O2. The summed E-state index contributed by atoms with van der Waals surface area (Å²) in [5.74, 6) is 0.797. The van der Waals surface area contributed by atoms with E-state index in [9.17, 15) is 0 Å². The molecule has 2 aromatic rings. The Hall–Kier alpha value is -1.86. The lowest BCUT2D eigenvalue weighted by molar-refractivity contribution is 0.182. The van der Waals surface area contributed by atoms with E-state index < -0.39 is 0 Å². The highest BCUT2D eigenvalue weighted by molar-refractivity contribution is 5.46. The van der Waals surface area contributed by atoms with Crippen LogP contribution in [0.3, 0.4) is 0 Å². The fourth-order valence-electron chi connectivity index (χ4n) is 1.28. The van der Waals surface area contributed by atoms with E-state index in [1.165, 1.54) is 6.33 Å². The largest absolute Gasteiger partial charge is 0.385 e. The highest BCUT2D eigenvalue weighted by Crippen LogP contribution is 2.16. The molecule has 0 aliphatic rings. The number of nitrogens with zero attached hydrogens (tertiary/aromatic N) is 4. The normalized spacial score (nSPS) is 12.6. The molecule has 7 heteroatoms. The smallest absolute Gasteiger partial charge is 0.244 e. The van der Waals surface area contributed by atoms with Crippen LogP contribution in [0.5, 0.6) is 0 Å². The Morgan fingerprint density at radius 2 is 2.41 bits per heavy atom. The van der Waals surface area contributed by atoms with Crippen molar-refractivity contribution in [2.75, 3.05) is 13.7 Å². The first-order valence-corrected chi connectivity index (χ1v) is 5.15. The van der Waals surface area contributed by atoms with Gasteiger partial charge in [-0.2, -0.15) is 4.98 Å². The lowest BCUT2D eigenvalue weighted by atomic mass is 10.2. The van der Waals surface area contributed by atoms with Gasteiger partial charge in [0.25, 0.3) is 0 Å². The van der Waals surface area contributed by atoms with E-state index in [1.807, 2.05) is 0 Å². The molecule has 0 spiro atoms. The van der Waals surface area contributed by atoms with Crippen LogP contribution in [-0.4, -0.2) is 33.8 Å². The van der Waals surface area contributed by atoms with Crippen molar-refractivity contribution < 1.29 is 9.26 Å². The van der Waals surface area contributed by atoms with Crippen molar-refractivity contribution in [2.24, 2.45) is 5.73 Å². The third-order valence-corrected chi connectivity index (χ3v) is 2.20. The fraction of sp³-hybridized carbons (Fsp3) is 0.400. The van der Waals surface area contributed by atoms with E-state index in [0.717, 1.165) is 0 Å². The first kappa shape index (κ1) is 11.6. The third-order valence-electron chi connectivity index (χ3n) is 2.20. The molecule has 0 aliphatic heterocycles. The Morgan fingerprint density at radius 1 is 1.53 bits per heavy atom. The van der Waals surface area contributed by atoms with Crippen LogP contribution in [-0.2, 0) is 4.74 Å². The average Bonchev–Trinajstić information content (AvgIpc) is 2.86.